The fourth-order valence-electron chi connectivity index (χ4n) is 2.40. The highest BCUT2D eigenvalue weighted by molar-refractivity contribution is 6.31. The predicted octanol–water partition coefficient (Wildman–Crippen LogP) is 3.12. The number of aryl methyl sites for hydroxylation is 1. The zero-order valence-electron chi connectivity index (χ0n) is 13.4. The zero-order valence-corrected chi connectivity index (χ0v) is 14.2. The second-order valence-electron chi connectivity index (χ2n) is 5.46. The number of ether oxygens (including phenoxy) is 1. The lowest BCUT2D eigenvalue weighted by Crippen LogP contribution is -2.14. The molecule has 0 aliphatic carbocycles. The predicted molar refractivity (Wildman–Crippen MR) is 92.4 cm³/mol. The molecule has 2 aromatic heterocycles. The van der Waals surface area contributed by atoms with Gasteiger partial charge in [-0.15, -0.1) is 0 Å². The molecule has 0 bridgehead atoms. The molecule has 0 aliphatic heterocycles. The Balaban J connectivity index is 1.93. The third-order valence-electron chi connectivity index (χ3n) is 3.58. The van der Waals surface area contributed by atoms with Crippen LogP contribution in [0.25, 0.3) is 11.0 Å². The van der Waals surface area contributed by atoms with E-state index in [1.54, 1.807) is 32.0 Å². The molecule has 1 atom stereocenters. The summed E-state index contributed by atoms with van der Waals surface area (Å²) < 4.78 is 5.76. The van der Waals surface area contributed by atoms with E-state index < -0.39 is 12.1 Å². The van der Waals surface area contributed by atoms with E-state index in [1.807, 2.05) is 0 Å². The lowest BCUT2D eigenvalue weighted by molar-refractivity contribution is 0.0697. The largest absolute Gasteiger partial charge is 0.484 e. The molecular formula is C17H14ClN3O4. The Labute approximate surface area is 147 Å². The van der Waals surface area contributed by atoms with Gasteiger partial charge in [0.05, 0.1) is 16.1 Å². The van der Waals surface area contributed by atoms with E-state index in [1.165, 1.54) is 12.1 Å². The van der Waals surface area contributed by atoms with Crippen molar-refractivity contribution in [3.8, 4) is 5.75 Å². The van der Waals surface area contributed by atoms with Crippen molar-refractivity contribution in [2.75, 3.05) is 0 Å². The number of pyridine rings is 1. The number of H-pyrrole nitrogens is 1. The molecule has 128 valence electrons. The van der Waals surface area contributed by atoms with E-state index in [-0.39, 0.29) is 16.6 Å². The first-order valence-electron chi connectivity index (χ1n) is 7.42. The Bertz CT molecular complexity index is 1010. The topological polar surface area (TPSA) is 105 Å². The highest BCUT2D eigenvalue weighted by Gasteiger charge is 2.17. The van der Waals surface area contributed by atoms with Crippen LogP contribution in [0.3, 0.4) is 0 Å². The molecule has 7 nitrogen and oxygen atoms in total. The van der Waals surface area contributed by atoms with Crippen molar-refractivity contribution in [3.05, 3.63) is 62.8 Å². The number of carbonyl (C=O) groups is 1. The smallest absolute Gasteiger partial charge is 0.335 e. The number of carboxylic acids is 1. The van der Waals surface area contributed by atoms with Gasteiger partial charge in [-0.3, -0.25) is 4.79 Å². The van der Waals surface area contributed by atoms with Crippen LogP contribution in [-0.4, -0.2) is 26.0 Å². The normalized spacial score (nSPS) is 12.1. The van der Waals surface area contributed by atoms with Crippen LogP contribution in [-0.2, 0) is 0 Å². The van der Waals surface area contributed by atoms with Crippen molar-refractivity contribution in [3.63, 3.8) is 0 Å². The fourth-order valence-corrected chi connectivity index (χ4v) is 2.70. The number of aromatic amines is 1. The molecule has 2 heterocycles. The van der Waals surface area contributed by atoms with E-state index in [0.717, 1.165) is 0 Å². The average molecular weight is 360 g/mol. The third kappa shape index (κ3) is 3.46. The van der Waals surface area contributed by atoms with Gasteiger partial charge < -0.3 is 14.8 Å². The van der Waals surface area contributed by atoms with Gasteiger partial charge in [0.2, 0.25) is 0 Å². The van der Waals surface area contributed by atoms with Gasteiger partial charge in [-0.05, 0) is 44.2 Å². The van der Waals surface area contributed by atoms with Gasteiger partial charge in [-0.2, -0.15) is 0 Å². The van der Waals surface area contributed by atoms with E-state index in [4.69, 9.17) is 21.4 Å². The first-order chi connectivity index (χ1) is 11.8. The minimum atomic E-state index is -1.01. The number of benzene rings is 1. The average Bonchev–Trinajstić information content (AvgIpc) is 2.54. The molecule has 0 saturated heterocycles. The van der Waals surface area contributed by atoms with E-state index in [0.29, 0.717) is 27.8 Å². The molecule has 0 amide bonds. The minimum Gasteiger partial charge on any atom is -0.484 e. The number of nitrogens with one attached hydrogen (secondary N) is 1. The van der Waals surface area contributed by atoms with Gasteiger partial charge in [-0.1, -0.05) is 11.6 Å². The first kappa shape index (κ1) is 16.9. The number of aromatic nitrogens is 3. The van der Waals surface area contributed by atoms with Crippen LogP contribution < -0.4 is 10.3 Å². The number of carboxylic acid groups (broad SMARTS) is 1. The van der Waals surface area contributed by atoms with Crippen molar-refractivity contribution in [2.45, 2.75) is 20.0 Å². The van der Waals surface area contributed by atoms with Crippen LogP contribution in [0.2, 0.25) is 5.02 Å². The van der Waals surface area contributed by atoms with Gasteiger partial charge in [0.15, 0.2) is 5.52 Å². The summed E-state index contributed by atoms with van der Waals surface area (Å²) in [6.07, 6.45) is -0.548. The maximum atomic E-state index is 12.0. The second-order valence-corrected chi connectivity index (χ2v) is 5.87. The number of hydrogen-bond acceptors (Lipinski definition) is 5. The number of hydrogen-bond donors (Lipinski definition) is 2. The van der Waals surface area contributed by atoms with Crippen LogP contribution in [0.1, 0.15) is 34.9 Å². The summed E-state index contributed by atoms with van der Waals surface area (Å²) in [5.41, 5.74) is 0.801. The van der Waals surface area contributed by atoms with Crippen LogP contribution >= 0.6 is 11.6 Å². The summed E-state index contributed by atoms with van der Waals surface area (Å²) in [6.45, 7) is 3.41. The molecule has 3 aromatic rings. The second kappa shape index (κ2) is 6.52. The highest BCUT2D eigenvalue weighted by atomic mass is 35.5. The number of fused-ring (bicyclic) bond motifs is 1. The number of nitrogens with zero attached hydrogens (tertiary/aromatic N) is 2. The van der Waals surface area contributed by atoms with E-state index >= 15 is 0 Å². The molecule has 1 aromatic carbocycles. The Kier molecular flexibility index (Phi) is 4.41. The monoisotopic (exact) mass is 359 g/mol. The summed E-state index contributed by atoms with van der Waals surface area (Å²) in [4.78, 5) is 34.0. The Morgan fingerprint density at radius 1 is 1.28 bits per heavy atom. The Morgan fingerprint density at radius 2 is 1.96 bits per heavy atom. The van der Waals surface area contributed by atoms with Crippen LogP contribution in [0.5, 0.6) is 5.75 Å². The Morgan fingerprint density at radius 3 is 2.60 bits per heavy atom. The molecule has 3 rings (SSSR count). The van der Waals surface area contributed by atoms with Crippen LogP contribution in [0.4, 0.5) is 0 Å². The van der Waals surface area contributed by atoms with Gasteiger partial charge in [0.1, 0.15) is 23.4 Å². The minimum absolute atomic E-state index is 0.162. The van der Waals surface area contributed by atoms with E-state index in [2.05, 4.69) is 15.0 Å². The SMILES string of the molecule is Cc1nc2cc(Cl)c(C(C)Oc3ccc(C(=O)O)cc3)nc2c(=O)[nH]1. The lowest BCUT2D eigenvalue weighted by Gasteiger charge is -2.16. The van der Waals surface area contributed by atoms with Gasteiger partial charge in [0, 0.05) is 0 Å². The molecule has 0 spiro atoms. The summed E-state index contributed by atoms with van der Waals surface area (Å²) >= 11 is 6.26. The number of aromatic carboxylic acids is 1. The van der Waals surface area contributed by atoms with Crippen molar-refractivity contribution in [1.82, 2.24) is 15.0 Å². The number of halogens is 1. The molecule has 0 fully saturated rings. The molecule has 8 heteroatoms. The molecule has 2 N–H and O–H groups in total. The van der Waals surface area contributed by atoms with Crippen LogP contribution in [0, 0.1) is 6.92 Å². The zero-order chi connectivity index (χ0) is 18.1. The maximum Gasteiger partial charge on any atom is 0.335 e. The molecule has 1 unspecified atom stereocenters. The van der Waals surface area contributed by atoms with Crippen molar-refractivity contribution in [2.24, 2.45) is 0 Å². The lowest BCUT2D eigenvalue weighted by atomic mass is 10.2. The molecule has 0 aliphatic rings. The summed E-state index contributed by atoms with van der Waals surface area (Å²) in [7, 11) is 0. The van der Waals surface area contributed by atoms with E-state index in [9.17, 15) is 9.59 Å². The molecule has 0 saturated carbocycles. The molecule has 0 radical (unpaired) electrons. The first-order valence-corrected chi connectivity index (χ1v) is 7.80. The molecule has 25 heavy (non-hydrogen) atoms. The summed E-state index contributed by atoms with van der Waals surface area (Å²) in [6, 6.07) is 7.56. The highest BCUT2D eigenvalue weighted by Crippen LogP contribution is 2.27. The summed E-state index contributed by atoms with van der Waals surface area (Å²) in [5.74, 6) is -0.0711. The fraction of sp³-hybridized carbons (Fsp3) is 0.176. The van der Waals surface area contributed by atoms with Gasteiger partial charge >= 0.3 is 5.97 Å². The van der Waals surface area contributed by atoms with Crippen molar-refractivity contribution >= 4 is 28.6 Å². The van der Waals surface area contributed by atoms with Crippen molar-refractivity contribution < 1.29 is 14.6 Å². The maximum absolute atomic E-state index is 12.0. The number of rotatable bonds is 4. The quantitative estimate of drug-likeness (QED) is 0.741. The summed E-state index contributed by atoms with van der Waals surface area (Å²) in [5, 5.41) is 9.24. The van der Waals surface area contributed by atoms with Crippen LogP contribution in [0.15, 0.2) is 35.1 Å². The van der Waals surface area contributed by atoms with Gasteiger partial charge in [0.25, 0.3) is 5.56 Å². The van der Waals surface area contributed by atoms with Crippen molar-refractivity contribution in [1.29, 1.82) is 0 Å². The Hall–Kier alpha value is -2.93. The van der Waals surface area contributed by atoms with Gasteiger partial charge in [-0.25, -0.2) is 14.8 Å². The molecular weight excluding hydrogens is 346 g/mol. The third-order valence-corrected chi connectivity index (χ3v) is 3.88. The standard InChI is InChI=1S/C17H14ClN3O4/c1-8(25-11-5-3-10(4-6-11)17(23)24)14-12(18)7-13-15(21-14)16(22)20-9(2)19-13/h3-8H,1-2H3,(H,23,24)(H,19,20,22).